The molecule has 2 aliphatic heterocycles. The summed E-state index contributed by atoms with van der Waals surface area (Å²) in [4.78, 5) is 14.1. The van der Waals surface area contributed by atoms with Gasteiger partial charge in [0, 0.05) is 31.7 Å². The van der Waals surface area contributed by atoms with Crippen LogP contribution in [-0.4, -0.2) is 37.3 Å². The Hall–Kier alpha value is -2.73. The number of carbonyl (C=O) groups excluding carboxylic acids is 1. The summed E-state index contributed by atoms with van der Waals surface area (Å²) < 4.78 is 16.6. The van der Waals surface area contributed by atoms with Gasteiger partial charge < -0.3 is 24.4 Å². The fourth-order valence-corrected chi connectivity index (χ4v) is 3.38. The van der Waals surface area contributed by atoms with Crippen LogP contribution < -0.4 is 19.5 Å². The molecule has 0 saturated carbocycles. The molecular weight excluding hydrogens is 344 g/mol. The lowest BCUT2D eigenvalue weighted by molar-refractivity contribution is -0.132. The highest BCUT2D eigenvalue weighted by Gasteiger charge is 2.18. The fourth-order valence-electron chi connectivity index (χ4n) is 3.38. The first-order chi connectivity index (χ1) is 13.3. The lowest BCUT2D eigenvalue weighted by Crippen LogP contribution is -2.32. The van der Waals surface area contributed by atoms with Gasteiger partial charge in [0.15, 0.2) is 18.1 Å². The van der Waals surface area contributed by atoms with E-state index in [9.17, 15) is 4.79 Å². The van der Waals surface area contributed by atoms with Crippen molar-refractivity contribution in [3.8, 4) is 17.2 Å². The van der Waals surface area contributed by atoms with Gasteiger partial charge >= 0.3 is 0 Å². The topological polar surface area (TPSA) is 60.0 Å². The summed E-state index contributed by atoms with van der Waals surface area (Å²) in [6, 6.07) is 13.8. The Morgan fingerprint density at radius 3 is 2.74 bits per heavy atom. The van der Waals surface area contributed by atoms with E-state index in [-0.39, 0.29) is 19.3 Å². The quantitative estimate of drug-likeness (QED) is 0.814. The van der Waals surface area contributed by atoms with E-state index in [1.807, 2.05) is 47.4 Å². The highest BCUT2D eigenvalue weighted by atomic mass is 16.7. The smallest absolute Gasteiger partial charge is 0.260 e. The molecule has 0 spiro atoms. The molecule has 0 bridgehead atoms. The zero-order chi connectivity index (χ0) is 18.5. The Labute approximate surface area is 159 Å². The van der Waals surface area contributed by atoms with Gasteiger partial charge in [-0.1, -0.05) is 24.3 Å². The van der Waals surface area contributed by atoms with Crippen molar-refractivity contribution < 1.29 is 19.0 Å². The van der Waals surface area contributed by atoms with E-state index >= 15 is 0 Å². The Morgan fingerprint density at radius 2 is 1.85 bits per heavy atom. The first kappa shape index (κ1) is 17.7. The van der Waals surface area contributed by atoms with Gasteiger partial charge in [0.05, 0.1) is 0 Å². The van der Waals surface area contributed by atoms with Crippen LogP contribution in [0.3, 0.4) is 0 Å². The minimum Gasteiger partial charge on any atom is -0.483 e. The largest absolute Gasteiger partial charge is 0.483 e. The molecule has 0 atom stereocenters. The molecule has 2 aliphatic rings. The average molecular weight is 368 g/mol. The van der Waals surface area contributed by atoms with Crippen LogP contribution >= 0.6 is 0 Å². The third kappa shape index (κ3) is 4.34. The van der Waals surface area contributed by atoms with E-state index < -0.39 is 0 Å². The molecule has 2 heterocycles. The number of fused-ring (bicyclic) bond motifs is 1. The molecule has 1 N–H and O–H groups in total. The first-order valence-electron chi connectivity index (χ1n) is 9.37. The second-order valence-corrected chi connectivity index (χ2v) is 6.78. The maximum atomic E-state index is 12.2. The van der Waals surface area contributed by atoms with Crippen LogP contribution in [0.25, 0.3) is 0 Å². The molecule has 0 aliphatic carbocycles. The number of hydrogen-bond acceptors (Lipinski definition) is 5. The van der Waals surface area contributed by atoms with Crippen molar-refractivity contribution in [3.63, 3.8) is 0 Å². The van der Waals surface area contributed by atoms with Gasteiger partial charge in [0.2, 0.25) is 6.79 Å². The Kier molecular flexibility index (Phi) is 5.44. The fraction of sp³-hybridized carbons (Fsp3) is 0.381. The van der Waals surface area contributed by atoms with Crippen molar-refractivity contribution in [3.05, 3.63) is 53.6 Å². The van der Waals surface area contributed by atoms with Crippen LogP contribution in [0.15, 0.2) is 42.5 Å². The number of nitrogens with zero attached hydrogens (tertiary/aromatic N) is 1. The number of rotatable bonds is 7. The molecular formula is C21H24N2O4. The predicted molar refractivity (Wildman–Crippen MR) is 101 cm³/mol. The molecule has 1 saturated heterocycles. The molecule has 27 heavy (non-hydrogen) atoms. The number of para-hydroxylation sites is 1. The van der Waals surface area contributed by atoms with Crippen LogP contribution in [0.2, 0.25) is 0 Å². The van der Waals surface area contributed by atoms with E-state index in [1.165, 1.54) is 0 Å². The Bertz CT molecular complexity index is 803. The van der Waals surface area contributed by atoms with Gasteiger partial charge in [-0.3, -0.25) is 4.79 Å². The van der Waals surface area contributed by atoms with Crippen molar-refractivity contribution >= 4 is 5.91 Å². The van der Waals surface area contributed by atoms with Crippen molar-refractivity contribution in [1.82, 2.24) is 10.2 Å². The molecule has 2 aromatic carbocycles. The number of likely N-dealkylation sites (tertiary alicyclic amines) is 1. The summed E-state index contributed by atoms with van der Waals surface area (Å²) in [7, 11) is 0. The molecule has 4 rings (SSSR count). The lowest BCUT2D eigenvalue weighted by Gasteiger charge is -2.17. The summed E-state index contributed by atoms with van der Waals surface area (Å²) >= 11 is 0. The number of amides is 1. The van der Waals surface area contributed by atoms with Crippen molar-refractivity contribution in [2.75, 3.05) is 26.5 Å². The lowest BCUT2D eigenvalue weighted by atomic mass is 10.1. The molecule has 1 fully saturated rings. The highest BCUT2D eigenvalue weighted by Crippen LogP contribution is 2.32. The van der Waals surface area contributed by atoms with Gasteiger partial charge in [-0.15, -0.1) is 0 Å². The molecule has 142 valence electrons. The maximum absolute atomic E-state index is 12.2. The van der Waals surface area contributed by atoms with Gasteiger partial charge in [-0.25, -0.2) is 0 Å². The zero-order valence-corrected chi connectivity index (χ0v) is 15.3. The van der Waals surface area contributed by atoms with Crippen LogP contribution in [0.5, 0.6) is 17.2 Å². The number of carbonyl (C=O) groups is 1. The average Bonchev–Trinajstić information content (AvgIpc) is 3.38. The molecule has 0 unspecified atom stereocenters. The van der Waals surface area contributed by atoms with Crippen LogP contribution in [0.1, 0.15) is 24.0 Å². The van der Waals surface area contributed by atoms with Gasteiger partial charge in [0.25, 0.3) is 5.91 Å². The Balaban J connectivity index is 1.30. The monoisotopic (exact) mass is 368 g/mol. The molecule has 2 aromatic rings. The number of hydrogen-bond donors (Lipinski definition) is 1. The van der Waals surface area contributed by atoms with E-state index in [2.05, 4.69) is 5.32 Å². The van der Waals surface area contributed by atoms with Gasteiger partial charge in [0.1, 0.15) is 5.75 Å². The van der Waals surface area contributed by atoms with Crippen LogP contribution in [0, 0.1) is 0 Å². The minimum atomic E-state index is 0.0654. The third-order valence-electron chi connectivity index (χ3n) is 4.86. The number of nitrogens with one attached hydrogen (secondary N) is 1. The second kappa shape index (κ2) is 8.31. The summed E-state index contributed by atoms with van der Waals surface area (Å²) in [5, 5.41) is 3.42. The molecule has 6 heteroatoms. The standard InChI is InChI=1S/C21H24N2O4/c24-21(23-9-3-4-10-23)14-25-18-6-2-1-5-17(18)13-22-12-16-7-8-19-20(11-16)27-15-26-19/h1-2,5-8,11,22H,3-4,9-10,12-15H2. The maximum Gasteiger partial charge on any atom is 0.260 e. The van der Waals surface area contributed by atoms with Crippen LogP contribution in [-0.2, 0) is 17.9 Å². The summed E-state index contributed by atoms with van der Waals surface area (Å²) in [5.41, 5.74) is 2.16. The SMILES string of the molecule is O=C(COc1ccccc1CNCc1ccc2c(c1)OCO2)N1CCCC1. The Morgan fingerprint density at radius 1 is 1.04 bits per heavy atom. The van der Waals surface area contributed by atoms with Crippen molar-refractivity contribution in [1.29, 1.82) is 0 Å². The van der Waals surface area contributed by atoms with Crippen molar-refractivity contribution in [2.45, 2.75) is 25.9 Å². The summed E-state index contributed by atoms with van der Waals surface area (Å²) in [6.45, 7) is 3.44. The van der Waals surface area contributed by atoms with Crippen LogP contribution in [0.4, 0.5) is 0 Å². The summed E-state index contributed by atoms with van der Waals surface area (Å²) in [6.07, 6.45) is 2.18. The molecule has 0 radical (unpaired) electrons. The van der Waals surface area contributed by atoms with E-state index in [0.717, 1.165) is 54.3 Å². The normalized spacial score (nSPS) is 15.2. The number of ether oxygens (including phenoxy) is 3. The molecule has 0 aromatic heterocycles. The van der Waals surface area contributed by atoms with Gasteiger partial charge in [-0.2, -0.15) is 0 Å². The highest BCUT2D eigenvalue weighted by molar-refractivity contribution is 5.78. The first-order valence-corrected chi connectivity index (χ1v) is 9.37. The third-order valence-corrected chi connectivity index (χ3v) is 4.86. The van der Waals surface area contributed by atoms with Gasteiger partial charge in [-0.05, 0) is 36.6 Å². The second-order valence-electron chi connectivity index (χ2n) is 6.78. The summed E-state index contributed by atoms with van der Waals surface area (Å²) in [5.74, 6) is 2.40. The van der Waals surface area contributed by atoms with E-state index in [1.54, 1.807) is 0 Å². The van der Waals surface area contributed by atoms with Crippen molar-refractivity contribution in [2.24, 2.45) is 0 Å². The molecule has 6 nitrogen and oxygen atoms in total. The predicted octanol–water partition coefficient (Wildman–Crippen LogP) is 2.71. The minimum absolute atomic E-state index is 0.0654. The zero-order valence-electron chi connectivity index (χ0n) is 15.3. The molecule has 1 amide bonds. The van der Waals surface area contributed by atoms with E-state index in [0.29, 0.717) is 13.1 Å². The number of benzene rings is 2. The van der Waals surface area contributed by atoms with E-state index in [4.69, 9.17) is 14.2 Å².